The van der Waals surface area contributed by atoms with E-state index in [1.165, 1.54) is 0 Å². The van der Waals surface area contributed by atoms with Gasteiger partial charge in [0.1, 0.15) is 11.6 Å². The third kappa shape index (κ3) is 6.36. The van der Waals surface area contributed by atoms with E-state index in [0.717, 1.165) is 67.3 Å². The second-order valence-corrected chi connectivity index (χ2v) is 8.64. The Bertz CT molecular complexity index is 1260. The van der Waals surface area contributed by atoms with Crippen molar-refractivity contribution in [2.45, 2.75) is 6.42 Å². The van der Waals surface area contributed by atoms with Gasteiger partial charge in [-0.15, -0.1) is 0 Å². The highest BCUT2D eigenvalue weighted by Crippen LogP contribution is 2.25. The molecule has 35 heavy (non-hydrogen) atoms. The van der Waals surface area contributed by atoms with Crippen molar-refractivity contribution < 1.29 is 9.47 Å². The van der Waals surface area contributed by atoms with Crippen LogP contribution < -0.4 is 15.4 Å². The fourth-order valence-electron chi connectivity index (χ4n) is 3.89. The topological polar surface area (TPSA) is 84.4 Å². The van der Waals surface area contributed by atoms with Crippen LogP contribution in [0.3, 0.4) is 0 Å². The normalized spacial score (nSPS) is 14.1. The number of benzene rings is 2. The molecular formula is C26H27ClN6O2. The molecule has 9 heteroatoms. The molecule has 2 N–H and O–H groups in total. The molecule has 2 aromatic heterocycles. The van der Waals surface area contributed by atoms with Gasteiger partial charge in [0.2, 0.25) is 5.95 Å². The van der Waals surface area contributed by atoms with E-state index in [4.69, 9.17) is 21.1 Å². The molecule has 1 fully saturated rings. The van der Waals surface area contributed by atoms with Crippen molar-refractivity contribution in [2.75, 3.05) is 50.1 Å². The zero-order valence-corrected chi connectivity index (χ0v) is 20.0. The highest BCUT2D eigenvalue weighted by molar-refractivity contribution is 6.35. The molecular weight excluding hydrogens is 464 g/mol. The Hall–Kier alpha value is -3.46. The summed E-state index contributed by atoms with van der Waals surface area (Å²) < 4.78 is 11.3. The number of para-hydroxylation sites is 1. The number of halogens is 1. The van der Waals surface area contributed by atoms with Gasteiger partial charge in [0, 0.05) is 36.9 Å². The van der Waals surface area contributed by atoms with Gasteiger partial charge in [0.25, 0.3) is 0 Å². The fourth-order valence-corrected chi connectivity index (χ4v) is 4.13. The van der Waals surface area contributed by atoms with E-state index >= 15 is 0 Å². The summed E-state index contributed by atoms with van der Waals surface area (Å²) in [5.74, 6) is 2.00. The number of anilines is 4. The predicted octanol–water partition coefficient (Wildman–Crippen LogP) is 5.27. The van der Waals surface area contributed by atoms with Crippen LogP contribution in [-0.2, 0) is 4.74 Å². The van der Waals surface area contributed by atoms with Crippen molar-refractivity contribution >= 4 is 45.6 Å². The van der Waals surface area contributed by atoms with E-state index in [1.807, 2.05) is 48.5 Å². The molecule has 5 rings (SSSR count). The largest absolute Gasteiger partial charge is 0.494 e. The Morgan fingerprint density at radius 3 is 2.69 bits per heavy atom. The standard InChI is InChI=1S/C26H27ClN6O2/c27-23-4-1-3-19-17-21(18-29-25(19)23)30-24-9-10-28-26(32-24)31-20-5-7-22(8-6-20)35-14-2-11-33-12-15-34-16-13-33/h1,3-10,17-18H,2,11-16H2,(H2,28,30,31,32). The summed E-state index contributed by atoms with van der Waals surface area (Å²) in [5.41, 5.74) is 2.47. The summed E-state index contributed by atoms with van der Waals surface area (Å²) in [5, 5.41) is 8.10. The van der Waals surface area contributed by atoms with Gasteiger partial charge < -0.3 is 20.1 Å². The van der Waals surface area contributed by atoms with Gasteiger partial charge in [-0.05, 0) is 48.9 Å². The Kier molecular flexibility index (Phi) is 7.53. The van der Waals surface area contributed by atoms with Crippen molar-refractivity contribution in [1.82, 2.24) is 19.9 Å². The molecule has 0 aliphatic carbocycles. The average molecular weight is 491 g/mol. The molecule has 3 heterocycles. The lowest BCUT2D eigenvalue weighted by atomic mass is 10.2. The minimum absolute atomic E-state index is 0.492. The molecule has 1 saturated heterocycles. The second-order valence-electron chi connectivity index (χ2n) is 8.23. The van der Waals surface area contributed by atoms with Crippen LogP contribution in [0.4, 0.5) is 23.1 Å². The summed E-state index contributed by atoms with van der Waals surface area (Å²) in [4.78, 5) is 15.7. The lowest BCUT2D eigenvalue weighted by Gasteiger charge is -2.26. The van der Waals surface area contributed by atoms with Crippen molar-refractivity contribution in [1.29, 1.82) is 0 Å². The minimum Gasteiger partial charge on any atom is -0.494 e. The number of hydrogen-bond donors (Lipinski definition) is 2. The summed E-state index contributed by atoms with van der Waals surface area (Å²) in [7, 11) is 0. The second kappa shape index (κ2) is 11.3. The molecule has 4 aromatic rings. The molecule has 0 saturated carbocycles. The first-order chi connectivity index (χ1) is 17.2. The van der Waals surface area contributed by atoms with Crippen molar-refractivity contribution in [3.63, 3.8) is 0 Å². The van der Waals surface area contributed by atoms with Crippen LogP contribution in [0.2, 0.25) is 5.02 Å². The fraction of sp³-hybridized carbons (Fsp3) is 0.269. The Balaban J connectivity index is 1.14. The van der Waals surface area contributed by atoms with Gasteiger partial charge in [-0.2, -0.15) is 4.98 Å². The SMILES string of the molecule is Clc1cccc2cc(Nc3ccnc(Nc4ccc(OCCCN5CCOCC5)cc4)n3)cnc12. The highest BCUT2D eigenvalue weighted by Gasteiger charge is 2.09. The van der Waals surface area contributed by atoms with Gasteiger partial charge in [-0.1, -0.05) is 23.7 Å². The van der Waals surface area contributed by atoms with E-state index in [9.17, 15) is 0 Å². The van der Waals surface area contributed by atoms with E-state index < -0.39 is 0 Å². The van der Waals surface area contributed by atoms with Crippen LogP contribution >= 0.6 is 11.6 Å². The zero-order chi connectivity index (χ0) is 23.9. The molecule has 8 nitrogen and oxygen atoms in total. The summed E-state index contributed by atoms with van der Waals surface area (Å²) in [6, 6.07) is 17.3. The van der Waals surface area contributed by atoms with Crippen LogP contribution in [0.1, 0.15) is 6.42 Å². The molecule has 0 bridgehead atoms. The number of pyridine rings is 1. The Labute approximate surface area is 209 Å². The van der Waals surface area contributed by atoms with Crippen molar-refractivity contribution in [2.24, 2.45) is 0 Å². The summed E-state index contributed by atoms with van der Waals surface area (Å²) >= 11 is 6.21. The monoisotopic (exact) mass is 490 g/mol. The number of nitrogens with zero attached hydrogens (tertiary/aromatic N) is 4. The van der Waals surface area contributed by atoms with Crippen LogP contribution in [0.5, 0.6) is 5.75 Å². The highest BCUT2D eigenvalue weighted by atomic mass is 35.5. The molecule has 0 spiro atoms. The van der Waals surface area contributed by atoms with E-state index in [0.29, 0.717) is 23.4 Å². The number of hydrogen-bond acceptors (Lipinski definition) is 8. The number of morpholine rings is 1. The number of fused-ring (bicyclic) bond motifs is 1. The molecule has 2 aromatic carbocycles. The number of ether oxygens (including phenoxy) is 2. The third-order valence-electron chi connectivity index (χ3n) is 5.69. The molecule has 1 aliphatic rings. The maximum Gasteiger partial charge on any atom is 0.229 e. The first-order valence-corrected chi connectivity index (χ1v) is 12.1. The smallest absolute Gasteiger partial charge is 0.229 e. The zero-order valence-electron chi connectivity index (χ0n) is 19.3. The minimum atomic E-state index is 0.492. The van der Waals surface area contributed by atoms with Crippen molar-refractivity contribution in [3.8, 4) is 5.75 Å². The first-order valence-electron chi connectivity index (χ1n) is 11.7. The van der Waals surface area contributed by atoms with Crippen LogP contribution in [-0.4, -0.2) is 59.3 Å². The summed E-state index contributed by atoms with van der Waals surface area (Å²) in [6.45, 7) is 5.40. The summed E-state index contributed by atoms with van der Waals surface area (Å²) in [6.07, 6.45) is 4.44. The third-order valence-corrected chi connectivity index (χ3v) is 6.00. The van der Waals surface area contributed by atoms with Gasteiger partial charge in [-0.25, -0.2) is 4.98 Å². The van der Waals surface area contributed by atoms with Gasteiger partial charge in [0.05, 0.1) is 42.2 Å². The Morgan fingerprint density at radius 1 is 0.971 bits per heavy atom. The maximum absolute atomic E-state index is 6.21. The first kappa shape index (κ1) is 23.3. The lowest BCUT2D eigenvalue weighted by Crippen LogP contribution is -2.37. The average Bonchev–Trinajstić information content (AvgIpc) is 2.89. The lowest BCUT2D eigenvalue weighted by molar-refractivity contribution is 0.0358. The number of aromatic nitrogens is 3. The Morgan fingerprint density at radius 2 is 1.83 bits per heavy atom. The van der Waals surface area contributed by atoms with Crippen LogP contribution in [0.25, 0.3) is 10.9 Å². The molecule has 0 atom stereocenters. The molecule has 0 unspecified atom stereocenters. The predicted molar refractivity (Wildman–Crippen MR) is 139 cm³/mol. The molecule has 1 aliphatic heterocycles. The molecule has 0 radical (unpaired) electrons. The van der Waals surface area contributed by atoms with Gasteiger partial charge in [0.15, 0.2) is 0 Å². The quantitative estimate of drug-likeness (QED) is 0.307. The van der Waals surface area contributed by atoms with Gasteiger partial charge in [-0.3, -0.25) is 9.88 Å². The van der Waals surface area contributed by atoms with Gasteiger partial charge >= 0.3 is 0 Å². The number of nitrogens with one attached hydrogen (secondary N) is 2. The van der Waals surface area contributed by atoms with Crippen LogP contribution in [0.15, 0.2) is 67.0 Å². The van der Waals surface area contributed by atoms with E-state index in [2.05, 4.69) is 30.5 Å². The van der Waals surface area contributed by atoms with Crippen LogP contribution in [0, 0.1) is 0 Å². The van der Waals surface area contributed by atoms with E-state index in [1.54, 1.807) is 18.5 Å². The molecule has 180 valence electrons. The molecule has 0 amide bonds. The number of rotatable bonds is 9. The van der Waals surface area contributed by atoms with E-state index in [-0.39, 0.29) is 0 Å². The maximum atomic E-state index is 6.21. The van der Waals surface area contributed by atoms with Crippen molar-refractivity contribution in [3.05, 3.63) is 72.0 Å².